The van der Waals surface area contributed by atoms with E-state index in [4.69, 9.17) is 0 Å². The molecule has 0 fully saturated rings. The van der Waals surface area contributed by atoms with Crippen molar-refractivity contribution in [2.45, 2.75) is 13.0 Å². The maximum absolute atomic E-state index is 13.3. The van der Waals surface area contributed by atoms with Gasteiger partial charge in [0.2, 0.25) is 0 Å². The lowest BCUT2D eigenvalue weighted by Crippen LogP contribution is -2.30. The number of carbonyl (C=O) groups is 1. The van der Waals surface area contributed by atoms with Gasteiger partial charge in [-0.25, -0.2) is 13.8 Å². The molecule has 1 atom stereocenters. The van der Waals surface area contributed by atoms with Gasteiger partial charge in [0.05, 0.1) is 11.6 Å². The van der Waals surface area contributed by atoms with E-state index in [-0.39, 0.29) is 5.91 Å². The first-order chi connectivity index (χ1) is 9.91. The summed E-state index contributed by atoms with van der Waals surface area (Å²) >= 11 is 3.22. The van der Waals surface area contributed by atoms with E-state index in [1.165, 1.54) is 11.0 Å². The van der Waals surface area contributed by atoms with Crippen LogP contribution in [-0.2, 0) is 0 Å². The summed E-state index contributed by atoms with van der Waals surface area (Å²) in [6.07, 6.45) is 1.57. The highest BCUT2D eigenvalue weighted by Gasteiger charge is 2.21. The number of hydrogen-bond acceptors (Lipinski definition) is 2. The predicted molar refractivity (Wildman–Crippen MR) is 78.8 cm³/mol. The van der Waals surface area contributed by atoms with E-state index < -0.39 is 17.7 Å². The van der Waals surface area contributed by atoms with E-state index in [1.807, 2.05) is 0 Å². The van der Waals surface area contributed by atoms with Crippen LogP contribution in [0.5, 0.6) is 0 Å². The Balaban J connectivity index is 2.26. The van der Waals surface area contributed by atoms with Crippen LogP contribution in [-0.4, -0.2) is 22.8 Å². The summed E-state index contributed by atoms with van der Waals surface area (Å²) in [6, 6.07) is 6.52. The molecule has 1 amide bonds. The molecule has 1 aromatic carbocycles. The SMILES string of the molecule is CC(c1ccc(F)c(F)c1)N(C)C(=O)c1cccnc1Br. The number of nitrogens with zero attached hydrogens (tertiary/aromatic N) is 2. The number of amides is 1. The molecule has 0 N–H and O–H groups in total. The minimum absolute atomic E-state index is 0.257. The van der Waals surface area contributed by atoms with Crippen molar-refractivity contribution >= 4 is 21.8 Å². The largest absolute Gasteiger partial charge is 0.335 e. The highest BCUT2D eigenvalue weighted by Crippen LogP contribution is 2.24. The molecule has 1 heterocycles. The average molecular weight is 355 g/mol. The molecule has 0 saturated carbocycles. The van der Waals surface area contributed by atoms with Crippen molar-refractivity contribution in [2.75, 3.05) is 7.05 Å². The van der Waals surface area contributed by atoms with Gasteiger partial charge in [-0.15, -0.1) is 0 Å². The summed E-state index contributed by atoms with van der Waals surface area (Å²) in [6.45, 7) is 1.74. The molecule has 0 bridgehead atoms. The lowest BCUT2D eigenvalue weighted by molar-refractivity contribution is 0.0741. The first-order valence-corrected chi connectivity index (χ1v) is 7.03. The van der Waals surface area contributed by atoms with Crippen LogP contribution in [0.3, 0.4) is 0 Å². The Labute approximate surface area is 129 Å². The summed E-state index contributed by atoms with van der Waals surface area (Å²) in [4.78, 5) is 17.9. The monoisotopic (exact) mass is 354 g/mol. The first kappa shape index (κ1) is 15.6. The van der Waals surface area contributed by atoms with Gasteiger partial charge >= 0.3 is 0 Å². The maximum Gasteiger partial charge on any atom is 0.256 e. The lowest BCUT2D eigenvalue weighted by atomic mass is 10.1. The van der Waals surface area contributed by atoms with E-state index in [0.29, 0.717) is 15.7 Å². The van der Waals surface area contributed by atoms with Crippen LogP contribution < -0.4 is 0 Å². The molecule has 0 aliphatic heterocycles. The number of carbonyl (C=O) groups excluding carboxylic acids is 1. The summed E-state index contributed by atoms with van der Waals surface area (Å²) in [5.74, 6) is -2.09. The number of hydrogen-bond donors (Lipinski definition) is 0. The van der Waals surface area contributed by atoms with Crippen molar-refractivity contribution in [3.63, 3.8) is 0 Å². The predicted octanol–water partition coefficient (Wildman–Crippen LogP) is 3.96. The third kappa shape index (κ3) is 3.26. The molecule has 0 radical (unpaired) electrons. The summed E-state index contributed by atoms with van der Waals surface area (Å²) in [5.41, 5.74) is 0.930. The highest BCUT2D eigenvalue weighted by atomic mass is 79.9. The Morgan fingerprint density at radius 1 is 1.29 bits per heavy atom. The number of halogens is 3. The topological polar surface area (TPSA) is 33.2 Å². The minimum Gasteiger partial charge on any atom is -0.335 e. The normalized spacial score (nSPS) is 12.0. The van der Waals surface area contributed by atoms with Crippen molar-refractivity contribution in [3.8, 4) is 0 Å². The molecule has 3 nitrogen and oxygen atoms in total. The van der Waals surface area contributed by atoms with Gasteiger partial charge in [-0.2, -0.15) is 0 Å². The van der Waals surface area contributed by atoms with Crippen molar-refractivity contribution in [2.24, 2.45) is 0 Å². The number of pyridine rings is 1. The average Bonchev–Trinajstić information content (AvgIpc) is 2.48. The van der Waals surface area contributed by atoms with Gasteiger partial charge in [0.1, 0.15) is 4.60 Å². The highest BCUT2D eigenvalue weighted by molar-refractivity contribution is 9.10. The van der Waals surface area contributed by atoms with Gasteiger partial charge in [0.25, 0.3) is 5.91 Å². The van der Waals surface area contributed by atoms with Crippen molar-refractivity contribution in [3.05, 3.63) is 63.9 Å². The number of aromatic nitrogens is 1. The second-order valence-electron chi connectivity index (χ2n) is 4.61. The molecule has 1 aromatic heterocycles. The van der Waals surface area contributed by atoms with E-state index in [1.54, 1.807) is 32.3 Å². The minimum atomic E-state index is -0.928. The third-order valence-corrected chi connectivity index (χ3v) is 3.95. The van der Waals surface area contributed by atoms with E-state index >= 15 is 0 Å². The third-order valence-electron chi connectivity index (χ3n) is 3.32. The summed E-state index contributed by atoms with van der Waals surface area (Å²) in [7, 11) is 1.60. The molecule has 0 spiro atoms. The zero-order valence-corrected chi connectivity index (χ0v) is 13.1. The van der Waals surface area contributed by atoms with Crippen LogP contribution in [0.2, 0.25) is 0 Å². The number of rotatable bonds is 3. The first-order valence-electron chi connectivity index (χ1n) is 6.24. The lowest BCUT2D eigenvalue weighted by Gasteiger charge is -2.25. The molecule has 21 heavy (non-hydrogen) atoms. The Morgan fingerprint density at radius 2 is 2.00 bits per heavy atom. The second kappa shape index (κ2) is 6.30. The molecule has 0 saturated heterocycles. The fourth-order valence-electron chi connectivity index (χ4n) is 1.91. The molecular formula is C15H13BrF2N2O. The Kier molecular flexibility index (Phi) is 4.67. The Bertz CT molecular complexity index is 678. The van der Waals surface area contributed by atoms with Crippen molar-refractivity contribution in [1.82, 2.24) is 9.88 Å². The van der Waals surface area contributed by atoms with Crippen LogP contribution in [0.25, 0.3) is 0 Å². The zero-order chi connectivity index (χ0) is 15.6. The van der Waals surface area contributed by atoms with Gasteiger partial charge in [-0.05, 0) is 52.7 Å². The zero-order valence-electron chi connectivity index (χ0n) is 11.5. The Morgan fingerprint density at radius 3 is 2.62 bits per heavy atom. The van der Waals surface area contributed by atoms with Crippen LogP contribution in [0.15, 0.2) is 41.1 Å². The van der Waals surface area contributed by atoms with Crippen LogP contribution in [0, 0.1) is 11.6 Å². The standard InChI is InChI=1S/C15H13BrF2N2O/c1-9(10-5-6-12(17)13(18)8-10)20(2)15(21)11-4-3-7-19-14(11)16/h3-9H,1-2H3. The Hall–Kier alpha value is -1.82. The van der Waals surface area contributed by atoms with Crippen molar-refractivity contribution < 1.29 is 13.6 Å². The second-order valence-corrected chi connectivity index (χ2v) is 5.36. The number of benzene rings is 1. The molecule has 110 valence electrons. The van der Waals surface area contributed by atoms with E-state index in [2.05, 4.69) is 20.9 Å². The quantitative estimate of drug-likeness (QED) is 0.781. The molecule has 1 unspecified atom stereocenters. The summed E-state index contributed by atoms with van der Waals surface area (Å²) in [5, 5.41) is 0. The maximum atomic E-state index is 13.3. The van der Waals surface area contributed by atoms with E-state index in [0.717, 1.165) is 12.1 Å². The molecule has 2 rings (SSSR count). The van der Waals surface area contributed by atoms with Crippen LogP contribution in [0.1, 0.15) is 28.9 Å². The smallest absolute Gasteiger partial charge is 0.256 e. The molecule has 0 aliphatic carbocycles. The van der Waals surface area contributed by atoms with Gasteiger partial charge in [-0.3, -0.25) is 4.79 Å². The van der Waals surface area contributed by atoms with E-state index in [9.17, 15) is 13.6 Å². The fourth-order valence-corrected chi connectivity index (χ4v) is 2.33. The van der Waals surface area contributed by atoms with Gasteiger partial charge in [-0.1, -0.05) is 6.07 Å². The van der Waals surface area contributed by atoms with Gasteiger partial charge in [0.15, 0.2) is 11.6 Å². The molecule has 2 aromatic rings. The van der Waals surface area contributed by atoms with Crippen LogP contribution >= 0.6 is 15.9 Å². The molecule has 6 heteroatoms. The molecular weight excluding hydrogens is 342 g/mol. The molecule has 0 aliphatic rings. The summed E-state index contributed by atoms with van der Waals surface area (Å²) < 4.78 is 26.7. The van der Waals surface area contributed by atoms with Crippen LogP contribution in [0.4, 0.5) is 8.78 Å². The van der Waals surface area contributed by atoms with Crippen molar-refractivity contribution in [1.29, 1.82) is 0 Å². The van der Waals surface area contributed by atoms with Gasteiger partial charge < -0.3 is 4.90 Å². The fraction of sp³-hybridized carbons (Fsp3) is 0.200. The van der Waals surface area contributed by atoms with Gasteiger partial charge in [0, 0.05) is 13.2 Å².